The van der Waals surface area contributed by atoms with Gasteiger partial charge in [-0.15, -0.1) is 36.2 Å². The van der Waals surface area contributed by atoms with Gasteiger partial charge in [-0.2, -0.15) is 0 Å². The zero-order chi connectivity index (χ0) is 15.4. The Morgan fingerprint density at radius 3 is 2.46 bits per heavy atom. The van der Waals surface area contributed by atoms with E-state index in [2.05, 4.69) is 9.88 Å². The molecule has 8 heteroatoms. The van der Waals surface area contributed by atoms with Gasteiger partial charge in [-0.3, -0.25) is 4.79 Å². The maximum Gasteiger partial charge on any atom is 0.273 e. The molecular weight excluding hydrogens is 367 g/mol. The molecule has 0 atom stereocenters. The van der Waals surface area contributed by atoms with Crippen LogP contribution in [0.25, 0.3) is 0 Å². The Labute approximate surface area is 160 Å². The van der Waals surface area contributed by atoms with Crippen molar-refractivity contribution in [3.05, 3.63) is 16.1 Å². The van der Waals surface area contributed by atoms with Crippen molar-refractivity contribution in [2.45, 2.75) is 44.6 Å². The van der Waals surface area contributed by atoms with Crippen molar-refractivity contribution in [2.24, 2.45) is 5.73 Å². The predicted octanol–water partition coefficient (Wildman–Crippen LogP) is 2.58. The Morgan fingerprint density at radius 1 is 1.17 bits per heavy atom. The number of thiazole rings is 1. The first-order valence-corrected chi connectivity index (χ1v) is 9.33. The topological polar surface area (TPSA) is 62.5 Å². The number of aromatic nitrogens is 1. The highest BCUT2D eigenvalue weighted by molar-refractivity contribution is 7.09. The lowest BCUT2D eigenvalue weighted by molar-refractivity contribution is 0.0585. The average molecular weight is 395 g/mol. The zero-order valence-electron chi connectivity index (χ0n) is 14.0. The van der Waals surface area contributed by atoms with Gasteiger partial charge in [0.25, 0.3) is 5.91 Å². The van der Waals surface area contributed by atoms with E-state index in [0.29, 0.717) is 18.3 Å². The molecule has 0 unspecified atom stereocenters. The van der Waals surface area contributed by atoms with Crippen LogP contribution in [-0.2, 0) is 6.42 Å². The van der Waals surface area contributed by atoms with Gasteiger partial charge in [0.1, 0.15) is 5.69 Å². The molecule has 3 rings (SSSR count). The van der Waals surface area contributed by atoms with Gasteiger partial charge in [-0.25, -0.2) is 4.98 Å². The molecule has 1 aromatic heterocycles. The molecule has 0 bridgehead atoms. The van der Waals surface area contributed by atoms with Gasteiger partial charge in [0.2, 0.25) is 0 Å². The first-order chi connectivity index (χ1) is 10.8. The van der Waals surface area contributed by atoms with Crippen molar-refractivity contribution < 1.29 is 4.79 Å². The Morgan fingerprint density at radius 2 is 1.83 bits per heavy atom. The number of carbonyl (C=O) groups excluding carboxylic acids is 1. The fraction of sp³-hybridized carbons (Fsp3) is 0.750. The van der Waals surface area contributed by atoms with Crippen molar-refractivity contribution in [1.82, 2.24) is 14.8 Å². The summed E-state index contributed by atoms with van der Waals surface area (Å²) in [4.78, 5) is 21.6. The lowest BCUT2D eigenvalue weighted by atomic mass is 10.00. The lowest BCUT2D eigenvalue weighted by Gasteiger charge is -2.40. The summed E-state index contributed by atoms with van der Waals surface area (Å²) in [6, 6.07) is 0.674. The third-order valence-corrected chi connectivity index (χ3v) is 5.70. The van der Waals surface area contributed by atoms with E-state index in [1.165, 1.54) is 32.4 Å². The van der Waals surface area contributed by atoms with Gasteiger partial charge in [-0.1, -0.05) is 6.42 Å². The standard InChI is InChI=1S/C16H26N4OS.2ClH/c17-7-4-15-18-14(12-22-15)16(21)20-10-5-13(6-11-20)19-8-2-1-3-9-19;;/h12-13H,1-11,17H2;2*1H. The molecule has 2 saturated heterocycles. The number of piperidine rings is 2. The number of likely N-dealkylation sites (tertiary alicyclic amines) is 2. The van der Waals surface area contributed by atoms with Gasteiger partial charge in [0, 0.05) is 30.9 Å². The fourth-order valence-electron chi connectivity index (χ4n) is 3.53. The Balaban J connectivity index is 0.00000144. The van der Waals surface area contributed by atoms with Crippen molar-refractivity contribution in [1.29, 1.82) is 0 Å². The van der Waals surface area contributed by atoms with E-state index in [9.17, 15) is 4.79 Å². The van der Waals surface area contributed by atoms with Crippen LogP contribution < -0.4 is 5.73 Å². The van der Waals surface area contributed by atoms with Crippen LogP contribution in [0, 0.1) is 0 Å². The van der Waals surface area contributed by atoms with Crippen LogP contribution in [0.5, 0.6) is 0 Å². The summed E-state index contributed by atoms with van der Waals surface area (Å²) in [5.74, 6) is 0.0941. The number of hydrogen-bond acceptors (Lipinski definition) is 5. The number of amides is 1. The van der Waals surface area contributed by atoms with Gasteiger partial charge < -0.3 is 15.5 Å². The molecule has 3 heterocycles. The van der Waals surface area contributed by atoms with E-state index in [-0.39, 0.29) is 30.7 Å². The third kappa shape index (κ3) is 5.30. The molecule has 0 spiro atoms. The van der Waals surface area contributed by atoms with Crippen LogP contribution in [0.2, 0.25) is 0 Å². The second kappa shape index (κ2) is 10.6. The fourth-order valence-corrected chi connectivity index (χ4v) is 4.31. The second-order valence-corrected chi connectivity index (χ2v) is 7.23. The van der Waals surface area contributed by atoms with Crippen molar-refractivity contribution in [2.75, 3.05) is 32.7 Å². The average Bonchev–Trinajstić information content (AvgIpc) is 3.04. The van der Waals surface area contributed by atoms with E-state index in [0.717, 1.165) is 37.4 Å². The summed E-state index contributed by atoms with van der Waals surface area (Å²) in [5.41, 5.74) is 6.14. The third-order valence-electron chi connectivity index (χ3n) is 4.79. The van der Waals surface area contributed by atoms with Crippen LogP contribution in [0.3, 0.4) is 0 Å². The van der Waals surface area contributed by atoms with Crippen LogP contribution in [0.15, 0.2) is 5.38 Å². The zero-order valence-corrected chi connectivity index (χ0v) is 16.4. The Bertz CT molecular complexity index is 500. The Kier molecular flexibility index (Phi) is 9.52. The van der Waals surface area contributed by atoms with Crippen molar-refractivity contribution in [3.63, 3.8) is 0 Å². The molecule has 138 valence electrons. The van der Waals surface area contributed by atoms with E-state index in [1.807, 2.05) is 10.3 Å². The van der Waals surface area contributed by atoms with Gasteiger partial charge in [0.15, 0.2) is 0 Å². The normalized spacial score (nSPS) is 19.5. The minimum Gasteiger partial charge on any atom is -0.337 e. The molecule has 0 radical (unpaired) electrons. The quantitative estimate of drug-likeness (QED) is 0.851. The minimum atomic E-state index is 0. The molecule has 5 nitrogen and oxygen atoms in total. The Hall–Kier alpha value is -0.400. The molecule has 2 fully saturated rings. The molecule has 2 N–H and O–H groups in total. The van der Waals surface area contributed by atoms with Crippen LogP contribution >= 0.6 is 36.2 Å². The van der Waals surface area contributed by atoms with E-state index in [4.69, 9.17) is 5.73 Å². The number of nitrogens with two attached hydrogens (primary N) is 1. The molecule has 0 saturated carbocycles. The van der Waals surface area contributed by atoms with E-state index in [1.54, 1.807) is 11.3 Å². The van der Waals surface area contributed by atoms with Gasteiger partial charge in [-0.05, 0) is 45.3 Å². The molecule has 1 amide bonds. The summed E-state index contributed by atoms with van der Waals surface area (Å²) in [6.07, 6.45) is 7.01. The van der Waals surface area contributed by atoms with Crippen LogP contribution in [-0.4, -0.2) is 59.5 Å². The molecule has 0 aromatic carbocycles. The SMILES string of the molecule is Cl.Cl.NCCc1nc(C(=O)N2CCC(N3CCCCC3)CC2)cs1. The number of halogens is 2. The first kappa shape index (κ1) is 21.6. The number of hydrogen-bond donors (Lipinski definition) is 1. The smallest absolute Gasteiger partial charge is 0.273 e. The molecule has 0 aliphatic carbocycles. The highest BCUT2D eigenvalue weighted by Gasteiger charge is 2.28. The number of rotatable bonds is 4. The molecular formula is C16H28Cl2N4OS. The number of carbonyl (C=O) groups is 1. The van der Waals surface area contributed by atoms with E-state index >= 15 is 0 Å². The molecule has 2 aliphatic rings. The monoisotopic (exact) mass is 394 g/mol. The summed E-state index contributed by atoms with van der Waals surface area (Å²) < 4.78 is 0. The van der Waals surface area contributed by atoms with Gasteiger partial charge >= 0.3 is 0 Å². The van der Waals surface area contributed by atoms with Crippen molar-refractivity contribution >= 4 is 42.1 Å². The molecule has 24 heavy (non-hydrogen) atoms. The molecule has 1 aromatic rings. The van der Waals surface area contributed by atoms with E-state index < -0.39 is 0 Å². The van der Waals surface area contributed by atoms with Crippen LogP contribution in [0.1, 0.15) is 47.6 Å². The summed E-state index contributed by atoms with van der Waals surface area (Å²) in [7, 11) is 0. The number of nitrogens with zero attached hydrogens (tertiary/aromatic N) is 3. The minimum absolute atomic E-state index is 0. The predicted molar refractivity (Wildman–Crippen MR) is 104 cm³/mol. The maximum absolute atomic E-state index is 12.5. The van der Waals surface area contributed by atoms with Crippen molar-refractivity contribution in [3.8, 4) is 0 Å². The highest BCUT2D eigenvalue weighted by atomic mass is 35.5. The summed E-state index contributed by atoms with van der Waals surface area (Å²) in [5, 5.41) is 2.85. The summed E-state index contributed by atoms with van der Waals surface area (Å²) >= 11 is 1.54. The largest absolute Gasteiger partial charge is 0.337 e. The van der Waals surface area contributed by atoms with Gasteiger partial charge in [0.05, 0.1) is 5.01 Å². The van der Waals surface area contributed by atoms with Crippen LogP contribution in [0.4, 0.5) is 0 Å². The second-order valence-electron chi connectivity index (χ2n) is 6.29. The summed E-state index contributed by atoms with van der Waals surface area (Å²) in [6.45, 7) is 4.80. The lowest BCUT2D eigenvalue weighted by Crippen LogP contribution is -2.48. The highest BCUT2D eigenvalue weighted by Crippen LogP contribution is 2.22. The molecule has 2 aliphatic heterocycles. The first-order valence-electron chi connectivity index (χ1n) is 8.45. The maximum atomic E-state index is 12.5.